The van der Waals surface area contributed by atoms with Crippen LogP contribution in [0.3, 0.4) is 0 Å². The molecule has 0 bridgehead atoms. The van der Waals surface area contributed by atoms with Crippen LogP contribution in [-0.4, -0.2) is 39.8 Å². The van der Waals surface area contributed by atoms with Crippen LogP contribution in [0, 0.1) is 17.0 Å². The molecule has 2 aromatic rings. The van der Waals surface area contributed by atoms with Crippen LogP contribution in [0.4, 0.5) is 11.4 Å². The molecule has 3 rings (SSSR count). The largest absolute Gasteiger partial charge is 0.468 e. The Hall–Kier alpha value is -3.34. The SMILES string of the molecule is COC(=O)CN(c1ccc2c(c1)OCO2)S(=O)(=O)c1cc([N+](=O)[O-])ccc1C. The topological polar surface area (TPSA) is 125 Å². The van der Waals surface area contributed by atoms with Crippen LogP contribution in [0.15, 0.2) is 41.3 Å². The molecule has 28 heavy (non-hydrogen) atoms. The van der Waals surface area contributed by atoms with Gasteiger partial charge in [-0.05, 0) is 24.6 Å². The number of hydrogen-bond donors (Lipinski definition) is 0. The molecule has 0 unspecified atom stereocenters. The van der Waals surface area contributed by atoms with E-state index in [1.165, 1.54) is 37.3 Å². The Kier molecular flexibility index (Phi) is 5.10. The van der Waals surface area contributed by atoms with Gasteiger partial charge < -0.3 is 14.2 Å². The number of methoxy groups -OCH3 is 1. The van der Waals surface area contributed by atoms with Crippen LogP contribution in [0.5, 0.6) is 11.5 Å². The number of non-ortho nitro benzene ring substituents is 1. The van der Waals surface area contributed by atoms with Crippen LogP contribution in [0.1, 0.15) is 5.56 Å². The number of aryl methyl sites for hydroxylation is 1. The first-order valence-corrected chi connectivity index (χ1v) is 9.42. The van der Waals surface area contributed by atoms with Crippen LogP contribution in [-0.2, 0) is 19.6 Å². The van der Waals surface area contributed by atoms with Crippen LogP contribution in [0.2, 0.25) is 0 Å². The molecule has 2 aromatic carbocycles. The van der Waals surface area contributed by atoms with E-state index in [0.717, 1.165) is 17.5 Å². The Morgan fingerprint density at radius 2 is 1.93 bits per heavy atom. The first-order valence-electron chi connectivity index (χ1n) is 7.98. The molecule has 0 saturated carbocycles. The second kappa shape index (κ2) is 7.35. The van der Waals surface area contributed by atoms with Gasteiger partial charge in [0.05, 0.1) is 22.6 Å². The number of nitro groups is 1. The quantitative estimate of drug-likeness (QED) is 0.404. The fourth-order valence-corrected chi connectivity index (χ4v) is 4.28. The van der Waals surface area contributed by atoms with Gasteiger partial charge in [0.1, 0.15) is 6.54 Å². The van der Waals surface area contributed by atoms with E-state index in [2.05, 4.69) is 4.74 Å². The third-order valence-corrected chi connectivity index (χ3v) is 6.01. The van der Waals surface area contributed by atoms with Crippen molar-refractivity contribution < 1.29 is 32.3 Å². The molecule has 0 spiro atoms. The van der Waals surface area contributed by atoms with Crippen molar-refractivity contribution in [1.29, 1.82) is 0 Å². The van der Waals surface area contributed by atoms with Crippen LogP contribution < -0.4 is 13.8 Å². The van der Waals surface area contributed by atoms with Crippen molar-refractivity contribution in [2.75, 3.05) is 24.8 Å². The van der Waals surface area contributed by atoms with Crippen molar-refractivity contribution in [1.82, 2.24) is 0 Å². The van der Waals surface area contributed by atoms with E-state index in [1.807, 2.05) is 0 Å². The summed E-state index contributed by atoms with van der Waals surface area (Å²) >= 11 is 0. The summed E-state index contributed by atoms with van der Waals surface area (Å²) in [5, 5.41) is 11.1. The highest BCUT2D eigenvalue weighted by Crippen LogP contribution is 2.37. The third kappa shape index (κ3) is 3.56. The molecule has 11 heteroatoms. The molecule has 0 radical (unpaired) electrons. The molecule has 0 atom stereocenters. The van der Waals surface area contributed by atoms with Gasteiger partial charge in [-0.2, -0.15) is 0 Å². The molecule has 1 heterocycles. The maximum Gasteiger partial charge on any atom is 0.326 e. The van der Waals surface area contributed by atoms with Crippen molar-refractivity contribution >= 4 is 27.4 Å². The third-order valence-electron chi connectivity index (χ3n) is 4.10. The van der Waals surface area contributed by atoms with Crippen molar-refractivity contribution in [3.05, 3.63) is 52.1 Å². The summed E-state index contributed by atoms with van der Waals surface area (Å²) in [5.74, 6) is -0.0478. The van der Waals surface area contributed by atoms with E-state index < -0.39 is 27.5 Å². The summed E-state index contributed by atoms with van der Waals surface area (Å²) in [7, 11) is -3.20. The number of esters is 1. The summed E-state index contributed by atoms with van der Waals surface area (Å²) in [6, 6.07) is 7.87. The van der Waals surface area contributed by atoms with Gasteiger partial charge in [0.25, 0.3) is 15.7 Å². The van der Waals surface area contributed by atoms with Crippen molar-refractivity contribution in [2.45, 2.75) is 11.8 Å². The van der Waals surface area contributed by atoms with Gasteiger partial charge >= 0.3 is 5.97 Å². The van der Waals surface area contributed by atoms with Crippen LogP contribution >= 0.6 is 0 Å². The molecule has 0 saturated heterocycles. The van der Waals surface area contributed by atoms with E-state index in [-0.39, 0.29) is 23.1 Å². The molecule has 1 aliphatic rings. The molecule has 0 aliphatic carbocycles. The number of ether oxygens (including phenoxy) is 3. The highest BCUT2D eigenvalue weighted by Gasteiger charge is 2.31. The van der Waals surface area contributed by atoms with Gasteiger partial charge in [-0.25, -0.2) is 8.42 Å². The normalized spacial score (nSPS) is 12.5. The van der Waals surface area contributed by atoms with Crippen molar-refractivity contribution in [3.63, 3.8) is 0 Å². The van der Waals surface area contributed by atoms with Gasteiger partial charge in [0.2, 0.25) is 6.79 Å². The van der Waals surface area contributed by atoms with Crippen LogP contribution in [0.25, 0.3) is 0 Å². The lowest BCUT2D eigenvalue weighted by molar-refractivity contribution is -0.385. The average molecular weight is 408 g/mol. The van der Waals surface area contributed by atoms with E-state index in [1.54, 1.807) is 0 Å². The standard InChI is InChI=1S/C17H16N2O8S/c1-11-3-4-13(19(21)22)8-16(11)28(23,24)18(9-17(20)25-2)12-5-6-14-15(7-12)27-10-26-14/h3-8H,9-10H2,1-2H3. The van der Waals surface area contributed by atoms with E-state index in [9.17, 15) is 23.3 Å². The second-order valence-corrected chi connectivity index (χ2v) is 7.66. The molecule has 0 fully saturated rings. The van der Waals surface area contributed by atoms with E-state index in [4.69, 9.17) is 9.47 Å². The van der Waals surface area contributed by atoms with Gasteiger partial charge in [-0.15, -0.1) is 0 Å². The van der Waals surface area contributed by atoms with Gasteiger partial charge in [0, 0.05) is 18.2 Å². The van der Waals surface area contributed by atoms with Gasteiger partial charge in [-0.3, -0.25) is 19.2 Å². The fourth-order valence-electron chi connectivity index (χ4n) is 2.64. The minimum Gasteiger partial charge on any atom is -0.468 e. The number of fused-ring (bicyclic) bond motifs is 1. The Morgan fingerprint density at radius 3 is 2.61 bits per heavy atom. The number of carbonyl (C=O) groups is 1. The summed E-state index contributed by atoms with van der Waals surface area (Å²) in [4.78, 5) is 22.0. The lowest BCUT2D eigenvalue weighted by atomic mass is 10.2. The maximum atomic E-state index is 13.3. The monoisotopic (exact) mass is 408 g/mol. The number of benzene rings is 2. The minimum atomic E-state index is -4.33. The molecule has 0 amide bonds. The Bertz CT molecular complexity index is 1050. The number of sulfonamides is 1. The highest BCUT2D eigenvalue weighted by molar-refractivity contribution is 7.93. The van der Waals surface area contributed by atoms with Gasteiger partial charge in [-0.1, -0.05) is 6.07 Å². The van der Waals surface area contributed by atoms with E-state index >= 15 is 0 Å². The summed E-state index contributed by atoms with van der Waals surface area (Å²) in [6.45, 7) is 0.875. The first kappa shape index (κ1) is 19.4. The lowest BCUT2D eigenvalue weighted by Crippen LogP contribution is -2.36. The first-order chi connectivity index (χ1) is 13.2. The molecule has 1 aliphatic heterocycles. The number of anilines is 1. The zero-order valence-corrected chi connectivity index (χ0v) is 15.8. The second-order valence-electron chi connectivity index (χ2n) is 5.83. The summed E-state index contributed by atoms with van der Waals surface area (Å²) < 4.78 is 42.5. The molecule has 10 nitrogen and oxygen atoms in total. The summed E-state index contributed by atoms with van der Waals surface area (Å²) in [5.41, 5.74) is 0.0367. The fraction of sp³-hybridized carbons (Fsp3) is 0.235. The number of hydrogen-bond acceptors (Lipinski definition) is 8. The number of rotatable bonds is 6. The zero-order valence-electron chi connectivity index (χ0n) is 14.9. The number of carbonyl (C=O) groups excluding carboxylic acids is 1. The molecular weight excluding hydrogens is 392 g/mol. The molecule has 148 valence electrons. The molecular formula is C17H16N2O8S. The Balaban J connectivity index is 2.13. The minimum absolute atomic E-state index is 0.00741. The smallest absolute Gasteiger partial charge is 0.326 e. The Morgan fingerprint density at radius 1 is 1.21 bits per heavy atom. The van der Waals surface area contributed by atoms with Crippen molar-refractivity contribution in [2.24, 2.45) is 0 Å². The van der Waals surface area contributed by atoms with Crippen molar-refractivity contribution in [3.8, 4) is 11.5 Å². The number of nitrogens with zero attached hydrogens (tertiary/aromatic N) is 2. The summed E-state index contributed by atoms with van der Waals surface area (Å²) in [6.07, 6.45) is 0. The van der Waals surface area contributed by atoms with Gasteiger partial charge in [0.15, 0.2) is 11.5 Å². The lowest BCUT2D eigenvalue weighted by Gasteiger charge is -2.24. The van der Waals surface area contributed by atoms with E-state index in [0.29, 0.717) is 17.1 Å². The average Bonchev–Trinajstić information content (AvgIpc) is 3.13. The molecule has 0 N–H and O–H groups in total. The number of nitro benzene ring substituents is 1. The Labute approximate surface area is 160 Å². The predicted molar refractivity (Wildman–Crippen MR) is 96.9 cm³/mol. The maximum absolute atomic E-state index is 13.3. The molecule has 0 aromatic heterocycles. The predicted octanol–water partition coefficient (Wildman–Crippen LogP) is 2.00. The zero-order chi connectivity index (χ0) is 20.5. The highest BCUT2D eigenvalue weighted by atomic mass is 32.2.